The largest absolute Gasteiger partial charge is 0.460 e. The molecule has 0 radical (unpaired) electrons. The molecule has 6 nitrogen and oxygen atoms in total. The van der Waals surface area contributed by atoms with E-state index in [2.05, 4.69) is 9.97 Å². The number of carbonyl (C=O) groups excluding carboxylic acids is 1. The van der Waals surface area contributed by atoms with Crippen molar-refractivity contribution in [2.75, 3.05) is 7.05 Å². The Balaban J connectivity index is 1.78. The van der Waals surface area contributed by atoms with E-state index < -0.39 is 11.4 Å². The highest BCUT2D eigenvalue weighted by Crippen LogP contribution is 2.28. The van der Waals surface area contributed by atoms with Crippen molar-refractivity contribution < 1.29 is 18.7 Å². The number of rotatable bonds is 3. The molecule has 1 aliphatic rings. The van der Waals surface area contributed by atoms with Gasteiger partial charge in [0, 0.05) is 25.9 Å². The molecule has 1 heterocycles. The molecule has 1 fully saturated rings. The number of hydrogen-bond donors (Lipinski definition) is 0. The van der Waals surface area contributed by atoms with E-state index in [4.69, 9.17) is 9.47 Å². The van der Waals surface area contributed by atoms with Crippen LogP contribution in [0.2, 0.25) is 0 Å². The molecule has 7 heteroatoms. The molecule has 1 aliphatic carbocycles. The second kappa shape index (κ2) is 5.83. The van der Waals surface area contributed by atoms with Crippen LogP contribution in [0.5, 0.6) is 6.01 Å². The van der Waals surface area contributed by atoms with Gasteiger partial charge in [0.25, 0.3) is 0 Å². The first-order chi connectivity index (χ1) is 9.74. The molecule has 116 valence electrons. The number of hydrogen-bond acceptors (Lipinski definition) is 5. The highest BCUT2D eigenvalue weighted by Gasteiger charge is 2.37. The van der Waals surface area contributed by atoms with Crippen LogP contribution in [0.1, 0.15) is 33.6 Å². The summed E-state index contributed by atoms with van der Waals surface area (Å²) in [7, 11) is 1.71. The van der Waals surface area contributed by atoms with Gasteiger partial charge >= 0.3 is 12.1 Å². The quantitative estimate of drug-likeness (QED) is 0.857. The van der Waals surface area contributed by atoms with Crippen LogP contribution in [-0.4, -0.2) is 45.8 Å². The molecule has 0 saturated heterocycles. The number of ether oxygens (including phenoxy) is 2. The highest BCUT2D eigenvalue weighted by molar-refractivity contribution is 5.68. The van der Waals surface area contributed by atoms with Crippen LogP contribution >= 0.6 is 0 Å². The molecule has 1 aromatic heterocycles. The fourth-order valence-corrected chi connectivity index (χ4v) is 1.94. The fraction of sp³-hybridized carbons (Fsp3) is 0.643. The van der Waals surface area contributed by atoms with E-state index in [-0.39, 0.29) is 24.2 Å². The van der Waals surface area contributed by atoms with E-state index in [1.54, 1.807) is 11.9 Å². The van der Waals surface area contributed by atoms with Crippen molar-refractivity contribution in [3.05, 3.63) is 18.2 Å². The summed E-state index contributed by atoms with van der Waals surface area (Å²) in [5, 5.41) is 0. The fourth-order valence-electron chi connectivity index (χ4n) is 1.94. The van der Waals surface area contributed by atoms with Crippen molar-refractivity contribution in [2.45, 2.75) is 51.4 Å². The normalized spacial score (nSPS) is 21.4. The monoisotopic (exact) mass is 297 g/mol. The van der Waals surface area contributed by atoms with Gasteiger partial charge in [0.2, 0.25) is 0 Å². The third-order valence-electron chi connectivity index (χ3n) is 3.17. The Kier molecular flexibility index (Phi) is 4.29. The van der Waals surface area contributed by atoms with E-state index in [1.165, 1.54) is 0 Å². The predicted octanol–water partition coefficient (Wildman–Crippen LogP) is 2.39. The van der Waals surface area contributed by atoms with E-state index in [1.807, 2.05) is 20.8 Å². The summed E-state index contributed by atoms with van der Waals surface area (Å²) in [4.78, 5) is 21.0. The second-order valence-corrected chi connectivity index (χ2v) is 6.14. The van der Waals surface area contributed by atoms with Crippen LogP contribution in [0, 0.1) is 5.82 Å². The van der Waals surface area contributed by atoms with Gasteiger partial charge in [0.1, 0.15) is 11.7 Å². The highest BCUT2D eigenvalue weighted by atomic mass is 19.1. The van der Waals surface area contributed by atoms with Gasteiger partial charge in [-0.1, -0.05) is 0 Å². The van der Waals surface area contributed by atoms with Gasteiger partial charge in [-0.3, -0.25) is 0 Å². The van der Waals surface area contributed by atoms with E-state index in [9.17, 15) is 9.18 Å². The molecule has 0 N–H and O–H groups in total. The lowest BCUT2D eigenvalue weighted by Gasteiger charge is -2.40. The molecule has 21 heavy (non-hydrogen) atoms. The lowest BCUT2D eigenvalue weighted by Crippen LogP contribution is -2.51. The zero-order chi connectivity index (χ0) is 15.6. The maximum atomic E-state index is 12.7. The molecule has 0 spiro atoms. The smallest absolute Gasteiger partial charge is 0.410 e. The van der Waals surface area contributed by atoms with Crippen molar-refractivity contribution in [3.63, 3.8) is 0 Å². The number of halogens is 1. The van der Waals surface area contributed by atoms with Gasteiger partial charge in [-0.05, 0) is 20.8 Å². The number of amides is 1. The lowest BCUT2D eigenvalue weighted by molar-refractivity contribution is -0.0107. The zero-order valence-electron chi connectivity index (χ0n) is 12.7. The summed E-state index contributed by atoms with van der Waals surface area (Å²) in [5.41, 5.74) is -0.507. The molecule has 0 bridgehead atoms. The molecule has 0 atom stereocenters. The van der Waals surface area contributed by atoms with Gasteiger partial charge in [0.05, 0.1) is 12.4 Å². The Labute approximate surface area is 123 Å². The van der Waals surface area contributed by atoms with Crippen LogP contribution in [0.4, 0.5) is 9.18 Å². The molecule has 1 amide bonds. The Morgan fingerprint density at radius 3 is 2.43 bits per heavy atom. The van der Waals surface area contributed by atoms with Gasteiger partial charge in [0.15, 0.2) is 5.82 Å². The first-order valence-electron chi connectivity index (χ1n) is 6.84. The van der Waals surface area contributed by atoms with Crippen molar-refractivity contribution in [1.29, 1.82) is 0 Å². The number of carbonyl (C=O) groups is 1. The standard InChI is InChI=1S/C14H20FN3O3/c1-14(2,3)21-13(19)18(4)10-5-11(6-10)20-12-16-7-9(15)8-17-12/h7-8,10-11H,5-6H2,1-4H3/t10-,11-. The van der Waals surface area contributed by atoms with Crippen molar-refractivity contribution in [2.24, 2.45) is 0 Å². The lowest BCUT2D eigenvalue weighted by atomic mass is 9.88. The summed E-state index contributed by atoms with van der Waals surface area (Å²) in [6, 6.07) is 0.227. The van der Waals surface area contributed by atoms with Crippen LogP contribution in [-0.2, 0) is 4.74 Å². The molecule has 1 aromatic rings. The second-order valence-electron chi connectivity index (χ2n) is 6.14. The van der Waals surface area contributed by atoms with Crippen molar-refractivity contribution in [1.82, 2.24) is 14.9 Å². The Bertz CT molecular complexity index is 495. The summed E-state index contributed by atoms with van der Waals surface area (Å²) < 4.78 is 23.5. The molecule has 1 saturated carbocycles. The van der Waals surface area contributed by atoms with Crippen LogP contribution in [0.25, 0.3) is 0 Å². The zero-order valence-corrected chi connectivity index (χ0v) is 12.7. The molecule has 0 aliphatic heterocycles. The van der Waals surface area contributed by atoms with Gasteiger partial charge in [-0.2, -0.15) is 0 Å². The number of aromatic nitrogens is 2. The first kappa shape index (κ1) is 15.5. The molecule has 0 aromatic carbocycles. The minimum atomic E-state index is -0.507. The van der Waals surface area contributed by atoms with E-state index in [0.717, 1.165) is 12.4 Å². The van der Waals surface area contributed by atoms with Gasteiger partial charge in [-0.15, -0.1) is 0 Å². The Morgan fingerprint density at radius 2 is 1.90 bits per heavy atom. The van der Waals surface area contributed by atoms with Crippen LogP contribution in [0.3, 0.4) is 0 Å². The summed E-state index contributed by atoms with van der Waals surface area (Å²) in [5.74, 6) is -0.501. The molecule has 2 rings (SSSR count). The minimum Gasteiger partial charge on any atom is -0.460 e. The van der Waals surface area contributed by atoms with E-state index >= 15 is 0 Å². The summed E-state index contributed by atoms with van der Waals surface area (Å²) in [6.45, 7) is 5.49. The average molecular weight is 297 g/mol. The third kappa shape index (κ3) is 4.27. The predicted molar refractivity (Wildman–Crippen MR) is 73.4 cm³/mol. The van der Waals surface area contributed by atoms with Crippen molar-refractivity contribution in [3.8, 4) is 6.01 Å². The SMILES string of the molecule is CN(C(=O)OC(C)(C)C)[C@H]1C[C@H](Oc2ncc(F)cn2)C1. The number of nitrogens with zero attached hydrogens (tertiary/aromatic N) is 3. The van der Waals surface area contributed by atoms with Crippen LogP contribution < -0.4 is 4.74 Å². The maximum Gasteiger partial charge on any atom is 0.410 e. The van der Waals surface area contributed by atoms with E-state index in [0.29, 0.717) is 12.8 Å². The van der Waals surface area contributed by atoms with Gasteiger partial charge in [-0.25, -0.2) is 19.2 Å². The minimum absolute atomic E-state index is 0.0645. The average Bonchev–Trinajstić information content (AvgIpc) is 2.32. The maximum absolute atomic E-state index is 12.7. The third-order valence-corrected chi connectivity index (χ3v) is 3.17. The first-order valence-corrected chi connectivity index (χ1v) is 6.84. The Morgan fingerprint density at radius 1 is 1.33 bits per heavy atom. The summed E-state index contributed by atoms with van der Waals surface area (Å²) in [6.07, 6.45) is 3.07. The van der Waals surface area contributed by atoms with Gasteiger partial charge < -0.3 is 14.4 Å². The van der Waals surface area contributed by atoms with Crippen LogP contribution in [0.15, 0.2) is 12.4 Å². The topological polar surface area (TPSA) is 64.6 Å². The molecular formula is C14H20FN3O3. The molecular weight excluding hydrogens is 277 g/mol. The van der Waals surface area contributed by atoms with Crippen molar-refractivity contribution >= 4 is 6.09 Å². The Hall–Kier alpha value is -1.92. The molecule has 0 unspecified atom stereocenters. The summed E-state index contributed by atoms with van der Waals surface area (Å²) >= 11 is 0.